The van der Waals surface area contributed by atoms with Gasteiger partial charge < -0.3 is 28.3 Å². The van der Waals surface area contributed by atoms with Gasteiger partial charge in [-0.3, -0.25) is 9.36 Å². The molecular formula is C13H26NO7P. The van der Waals surface area contributed by atoms with Gasteiger partial charge in [0.15, 0.2) is 0 Å². The number of carbonyl (C=O) groups excluding carboxylic acids is 1. The summed E-state index contributed by atoms with van der Waals surface area (Å²) in [5, 5.41) is 0. The molecule has 0 radical (unpaired) electrons. The van der Waals surface area contributed by atoms with Crippen molar-refractivity contribution < 1.29 is 37.6 Å². The summed E-state index contributed by atoms with van der Waals surface area (Å²) < 4.78 is 25.5. The largest absolute Gasteiger partial charge is 0.756 e. The number of carbonyl (C=O) groups is 1. The molecule has 0 spiro atoms. The number of quaternary nitrogens is 1. The molecular weight excluding hydrogens is 313 g/mol. The van der Waals surface area contributed by atoms with Crippen molar-refractivity contribution in [2.24, 2.45) is 0 Å². The molecule has 9 heteroatoms. The predicted octanol–water partition coefficient (Wildman–Crippen LogP) is 0.0661. The minimum absolute atomic E-state index is 0.0839. The highest BCUT2D eigenvalue weighted by Crippen LogP contribution is 2.29. The first-order valence-corrected chi connectivity index (χ1v) is 8.50. The van der Waals surface area contributed by atoms with Gasteiger partial charge in [0.05, 0.1) is 20.7 Å². The first kappa shape index (κ1) is 21.2. The molecule has 22 heavy (non-hydrogen) atoms. The van der Waals surface area contributed by atoms with Crippen molar-refractivity contribution in [2.45, 2.75) is 12.8 Å². The van der Waals surface area contributed by atoms with Gasteiger partial charge in [0.2, 0.25) is 0 Å². The monoisotopic (exact) mass is 339 g/mol. The highest BCUT2D eigenvalue weighted by atomic mass is 31.2. The van der Waals surface area contributed by atoms with Crippen molar-refractivity contribution in [1.82, 2.24) is 0 Å². The Bertz CT molecular complexity index is 381. The fourth-order valence-electron chi connectivity index (χ4n) is 1.47. The molecule has 0 rings (SSSR count). The molecule has 0 aliphatic carbocycles. The number of nitrogens with zero attached hydrogens (tertiary/aromatic N) is 1. The number of hydrogen-bond donors (Lipinski definition) is 1. The third-order valence-electron chi connectivity index (χ3n) is 2.82. The fraction of sp³-hybridized carbons (Fsp3) is 0.769. The SMILES string of the molecule is C=CCOC(=O)CCCOCC[N+](C)(C)CCOP(=O)([O-])O. The number of hydrogen-bond acceptors (Lipinski definition) is 6. The van der Waals surface area contributed by atoms with Gasteiger partial charge in [-0.05, 0) is 6.42 Å². The molecule has 0 aromatic heterocycles. The smallest absolute Gasteiger partial charge is 0.306 e. The number of phosphoric ester groups is 1. The molecule has 0 aliphatic heterocycles. The topological polar surface area (TPSA) is 105 Å². The van der Waals surface area contributed by atoms with Gasteiger partial charge in [-0.1, -0.05) is 12.7 Å². The Labute approximate surface area is 131 Å². The van der Waals surface area contributed by atoms with Crippen LogP contribution in [0.3, 0.4) is 0 Å². The average Bonchev–Trinajstić information content (AvgIpc) is 2.38. The zero-order chi connectivity index (χ0) is 17.1. The van der Waals surface area contributed by atoms with Gasteiger partial charge in [0.1, 0.15) is 26.3 Å². The van der Waals surface area contributed by atoms with Crippen molar-refractivity contribution >= 4 is 13.8 Å². The maximum Gasteiger partial charge on any atom is 0.306 e. The summed E-state index contributed by atoms with van der Waals surface area (Å²) in [5.41, 5.74) is 0. The zero-order valence-electron chi connectivity index (χ0n) is 13.2. The van der Waals surface area contributed by atoms with E-state index in [-0.39, 0.29) is 19.2 Å². The van der Waals surface area contributed by atoms with E-state index in [9.17, 15) is 14.3 Å². The van der Waals surface area contributed by atoms with Crippen LogP contribution in [0.15, 0.2) is 12.7 Å². The van der Waals surface area contributed by atoms with Crippen LogP contribution < -0.4 is 4.89 Å². The summed E-state index contributed by atoms with van der Waals surface area (Å²) >= 11 is 0. The first-order chi connectivity index (χ1) is 10.2. The summed E-state index contributed by atoms with van der Waals surface area (Å²) in [7, 11) is -0.861. The van der Waals surface area contributed by atoms with Crippen molar-refractivity contribution in [1.29, 1.82) is 0 Å². The molecule has 1 unspecified atom stereocenters. The van der Waals surface area contributed by atoms with Crippen LogP contribution in [0.5, 0.6) is 0 Å². The lowest BCUT2D eigenvalue weighted by Crippen LogP contribution is -2.44. The Kier molecular flexibility index (Phi) is 10.5. The molecule has 0 aromatic carbocycles. The number of likely N-dealkylation sites (N-methyl/N-ethyl adjacent to an activating group) is 1. The summed E-state index contributed by atoms with van der Waals surface area (Å²) in [6.45, 7) is 5.59. The predicted molar refractivity (Wildman–Crippen MR) is 78.8 cm³/mol. The highest BCUT2D eigenvalue weighted by Gasteiger charge is 2.16. The van der Waals surface area contributed by atoms with E-state index in [0.29, 0.717) is 43.6 Å². The van der Waals surface area contributed by atoms with Gasteiger partial charge in [-0.15, -0.1) is 0 Å². The molecule has 0 amide bonds. The second-order valence-electron chi connectivity index (χ2n) is 5.37. The third kappa shape index (κ3) is 14.2. The van der Waals surface area contributed by atoms with Gasteiger partial charge >= 0.3 is 5.97 Å². The standard InChI is InChI=1S/C13H26NO7P/c1-4-9-20-13(15)6-5-10-19-11-7-14(2,3)8-12-21-22(16,17)18/h4H,1,5-12H2,2-3H3,(H-,16,17,18). The molecule has 0 saturated heterocycles. The molecule has 1 N–H and O–H groups in total. The minimum atomic E-state index is -4.65. The van der Waals surface area contributed by atoms with Crippen LogP contribution in [0.4, 0.5) is 0 Å². The third-order valence-corrected chi connectivity index (χ3v) is 3.33. The van der Waals surface area contributed by atoms with Gasteiger partial charge in [-0.2, -0.15) is 0 Å². The summed E-state index contributed by atoms with van der Waals surface area (Å²) in [6.07, 6.45) is 2.40. The van der Waals surface area contributed by atoms with Crippen molar-refractivity contribution in [3.05, 3.63) is 12.7 Å². The minimum Gasteiger partial charge on any atom is -0.756 e. The summed E-state index contributed by atoms with van der Waals surface area (Å²) in [6, 6.07) is 0. The fourth-order valence-corrected chi connectivity index (χ4v) is 1.78. The Morgan fingerprint density at radius 1 is 1.32 bits per heavy atom. The van der Waals surface area contributed by atoms with Crippen LogP contribution in [-0.2, 0) is 23.4 Å². The molecule has 0 heterocycles. The van der Waals surface area contributed by atoms with Crippen LogP contribution in [0.1, 0.15) is 12.8 Å². The molecule has 8 nitrogen and oxygen atoms in total. The number of esters is 1. The average molecular weight is 339 g/mol. The molecule has 0 saturated carbocycles. The van der Waals surface area contributed by atoms with E-state index in [1.165, 1.54) is 6.08 Å². The quantitative estimate of drug-likeness (QED) is 0.166. The molecule has 0 aliphatic rings. The Morgan fingerprint density at radius 2 is 1.95 bits per heavy atom. The molecule has 130 valence electrons. The summed E-state index contributed by atoms with van der Waals surface area (Å²) in [4.78, 5) is 30.1. The maximum atomic E-state index is 11.2. The highest BCUT2D eigenvalue weighted by molar-refractivity contribution is 7.44. The van der Waals surface area contributed by atoms with Crippen molar-refractivity contribution in [3.63, 3.8) is 0 Å². The second-order valence-corrected chi connectivity index (χ2v) is 6.57. The normalized spacial score (nSPS) is 14.4. The Hall–Kier alpha value is -0.760. The van der Waals surface area contributed by atoms with Crippen molar-refractivity contribution in [2.75, 3.05) is 53.6 Å². The van der Waals surface area contributed by atoms with Crippen LogP contribution in [0.25, 0.3) is 0 Å². The van der Waals surface area contributed by atoms with Crippen LogP contribution in [-0.4, -0.2) is 69.0 Å². The van der Waals surface area contributed by atoms with Gasteiger partial charge in [0, 0.05) is 13.0 Å². The zero-order valence-corrected chi connectivity index (χ0v) is 14.1. The lowest BCUT2D eigenvalue weighted by Gasteiger charge is -2.30. The van der Waals surface area contributed by atoms with Crippen LogP contribution in [0, 0.1) is 0 Å². The first-order valence-electron chi connectivity index (χ1n) is 7.01. The summed E-state index contributed by atoms with van der Waals surface area (Å²) in [5.74, 6) is -0.275. The van der Waals surface area contributed by atoms with Crippen LogP contribution in [0.2, 0.25) is 0 Å². The Morgan fingerprint density at radius 3 is 2.55 bits per heavy atom. The van der Waals surface area contributed by atoms with Crippen molar-refractivity contribution in [3.8, 4) is 0 Å². The van der Waals surface area contributed by atoms with E-state index in [1.807, 2.05) is 14.1 Å². The van der Waals surface area contributed by atoms with Crippen LogP contribution >= 0.6 is 7.82 Å². The van der Waals surface area contributed by atoms with Gasteiger partial charge in [0.25, 0.3) is 7.82 Å². The molecule has 0 bridgehead atoms. The van der Waals surface area contributed by atoms with E-state index in [4.69, 9.17) is 14.4 Å². The number of ether oxygens (including phenoxy) is 2. The van der Waals surface area contributed by atoms with Gasteiger partial charge in [-0.25, -0.2) is 0 Å². The molecule has 0 aromatic rings. The Balaban J connectivity index is 3.62. The van der Waals surface area contributed by atoms with E-state index in [2.05, 4.69) is 11.1 Å². The van der Waals surface area contributed by atoms with E-state index in [1.54, 1.807) is 0 Å². The number of rotatable bonds is 13. The maximum absolute atomic E-state index is 11.2. The molecule has 0 fully saturated rings. The second kappa shape index (κ2) is 10.9. The lowest BCUT2D eigenvalue weighted by atomic mass is 10.3. The lowest BCUT2D eigenvalue weighted by molar-refractivity contribution is -0.890. The molecule has 1 atom stereocenters. The number of phosphoric acid groups is 1. The van der Waals surface area contributed by atoms with E-state index < -0.39 is 7.82 Å². The van der Waals surface area contributed by atoms with E-state index in [0.717, 1.165) is 0 Å². The van der Waals surface area contributed by atoms with E-state index >= 15 is 0 Å².